The summed E-state index contributed by atoms with van der Waals surface area (Å²) in [7, 11) is 4.25. The Morgan fingerprint density at radius 1 is 1.18 bits per heavy atom. The number of nitrogens with zero attached hydrogens (tertiary/aromatic N) is 2. The van der Waals surface area contributed by atoms with Crippen molar-refractivity contribution in [3.8, 4) is 17.2 Å². The molecule has 0 atom stereocenters. The number of aromatic amines is 1. The third-order valence-corrected chi connectivity index (χ3v) is 6.83. The number of amides is 2. The van der Waals surface area contributed by atoms with E-state index >= 15 is 0 Å². The Morgan fingerprint density at radius 2 is 1.95 bits per heavy atom. The Bertz CT molecular complexity index is 1660. The second kappa shape index (κ2) is 12.7. The van der Waals surface area contributed by atoms with Crippen LogP contribution in [0.3, 0.4) is 0 Å². The fourth-order valence-corrected chi connectivity index (χ4v) is 4.61. The lowest BCUT2D eigenvalue weighted by atomic mass is 10.1. The van der Waals surface area contributed by atoms with E-state index in [-0.39, 0.29) is 53.7 Å². The molecule has 1 aliphatic heterocycles. The third-order valence-electron chi connectivity index (χ3n) is 5.47. The second-order valence-electron chi connectivity index (χ2n) is 7.99. The molecule has 0 fully saturated rings. The van der Waals surface area contributed by atoms with Gasteiger partial charge in [0.25, 0.3) is 20.9 Å². The minimum Gasteiger partial charge on any atom is -0.497 e. The van der Waals surface area contributed by atoms with Crippen molar-refractivity contribution < 1.29 is 32.2 Å². The minimum atomic E-state index is -3.78. The highest BCUT2D eigenvalue weighted by Crippen LogP contribution is 2.30. The summed E-state index contributed by atoms with van der Waals surface area (Å²) >= 11 is 0. The van der Waals surface area contributed by atoms with Crippen LogP contribution in [0.15, 0.2) is 53.8 Å². The molecule has 0 saturated carbocycles. The van der Waals surface area contributed by atoms with Gasteiger partial charge in [-0.25, -0.2) is 18.4 Å². The van der Waals surface area contributed by atoms with Gasteiger partial charge in [0, 0.05) is 29.5 Å². The van der Waals surface area contributed by atoms with E-state index in [1.54, 1.807) is 18.3 Å². The van der Waals surface area contributed by atoms with E-state index in [1.807, 2.05) is 6.07 Å². The number of benzene rings is 2. The van der Waals surface area contributed by atoms with Crippen LogP contribution in [0, 0.1) is 0 Å². The lowest BCUT2D eigenvalue weighted by Crippen LogP contribution is -2.26. The molecule has 4 aromatic rings. The summed E-state index contributed by atoms with van der Waals surface area (Å²) in [6.07, 6.45) is 2.87. The number of hydrogen-bond acceptors (Lipinski definition) is 10. The van der Waals surface area contributed by atoms with Gasteiger partial charge in [-0.2, -0.15) is 0 Å². The Hall–Kier alpha value is -4.27. The van der Waals surface area contributed by atoms with Gasteiger partial charge in [0.05, 0.1) is 31.1 Å². The Balaban J connectivity index is 0.000000253. The number of nitrogens with one attached hydrogen (secondary N) is 3. The number of carbonyl (C=O) groups excluding carboxylic acids is 2. The largest absolute Gasteiger partial charge is 0.497 e. The van der Waals surface area contributed by atoms with Crippen molar-refractivity contribution in [2.75, 3.05) is 31.9 Å². The van der Waals surface area contributed by atoms with Crippen LogP contribution in [0.2, 0.25) is 0 Å². The quantitative estimate of drug-likeness (QED) is 0.236. The Kier molecular flexibility index (Phi) is 9.63. The molecular weight excluding hydrogens is 587 g/mol. The van der Waals surface area contributed by atoms with Crippen LogP contribution in [0.1, 0.15) is 16.1 Å². The molecule has 2 aromatic heterocycles. The van der Waals surface area contributed by atoms with Crippen LogP contribution >= 0.6 is 23.1 Å². The molecule has 5 rings (SSSR count). The first-order valence-electron chi connectivity index (χ1n) is 11.2. The van der Waals surface area contributed by atoms with Crippen LogP contribution in [0.5, 0.6) is 17.2 Å². The topological polar surface area (TPSA) is 188 Å². The van der Waals surface area contributed by atoms with E-state index in [1.165, 1.54) is 38.7 Å². The van der Waals surface area contributed by atoms with Gasteiger partial charge in [-0.15, -0.1) is 12.4 Å². The SMILES string of the molecule is COc1ccc(S(=O)(=O)Cl)c(OC)c1.Cl.Nc1c[nH]c2c(C(=O)NCc3ccc4c(c3)NC(=O)CO4)ncnc12. The summed E-state index contributed by atoms with van der Waals surface area (Å²) in [5.74, 6) is 0.716. The first-order chi connectivity index (χ1) is 18.6. The molecule has 212 valence electrons. The fraction of sp³-hybridized carbons (Fsp3) is 0.167. The van der Waals surface area contributed by atoms with E-state index in [9.17, 15) is 18.0 Å². The van der Waals surface area contributed by atoms with Gasteiger partial charge in [-0.1, -0.05) is 6.07 Å². The maximum atomic E-state index is 12.4. The van der Waals surface area contributed by atoms with Crippen LogP contribution in [0.4, 0.5) is 11.4 Å². The van der Waals surface area contributed by atoms with Gasteiger partial charge in [-0.05, 0) is 29.8 Å². The number of anilines is 2. The van der Waals surface area contributed by atoms with Crippen LogP contribution in [-0.4, -0.2) is 56.0 Å². The molecule has 1 aliphatic rings. The first-order valence-corrected chi connectivity index (χ1v) is 13.5. The third kappa shape index (κ3) is 6.83. The molecule has 0 radical (unpaired) electrons. The van der Waals surface area contributed by atoms with Crippen molar-refractivity contribution in [3.63, 3.8) is 0 Å². The number of nitrogen functional groups attached to an aromatic ring is 1. The average Bonchev–Trinajstić information content (AvgIpc) is 3.31. The zero-order valence-corrected chi connectivity index (χ0v) is 23.4. The van der Waals surface area contributed by atoms with Gasteiger partial charge >= 0.3 is 0 Å². The highest BCUT2D eigenvalue weighted by atomic mass is 35.7. The van der Waals surface area contributed by atoms with Gasteiger partial charge < -0.3 is 35.6 Å². The van der Waals surface area contributed by atoms with Crippen molar-refractivity contribution in [3.05, 3.63) is 60.2 Å². The number of aromatic nitrogens is 3. The Labute approximate surface area is 239 Å². The molecular formula is C24H24Cl2N6O7S. The van der Waals surface area contributed by atoms with Gasteiger partial charge in [0.2, 0.25) is 0 Å². The molecule has 0 aliphatic carbocycles. The lowest BCUT2D eigenvalue weighted by Gasteiger charge is -2.18. The van der Waals surface area contributed by atoms with E-state index in [0.717, 1.165) is 5.56 Å². The predicted octanol–water partition coefficient (Wildman–Crippen LogP) is 2.85. The van der Waals surface area contributed by atoms with Crippen molar-refractivity contribution in [1.29, 1.82) is 0 Å². The Morgan fingerprint density at radius 3 is 2.65 bits per heavy atom. The van der Waals surface area contributed by atoms with E-state index in [4.69, 9.17) is 30.6 Å². The van der Waals surface area contributed by atoms with Crippen molar-refractivity contribution >= 4 is 66.4 Å². The molecule has 0 saturated heterocycles. The van der Waals surface area contributed by atoms with Crippen LogP contribution in [-0.2, 0) is 20.4 Å². The maximum Gasteiger partial charge on any atom is 0.272 e. The maximum absolute atomic E-state index is 12.4. The number of nitrogens with two attached hydrogens (primary N) is 1. The minimum absolute atomic E-state index is 0. The molecule has 3 heterocycles. The van der Waals surface area contributed by atoms with Crippen molar-refractivity contribution in [1.82, 2.24) is 20.3 Å². The molecule has 2 amide bonds. The molecule has 0 unspecified atom stereocenters. The monoisotopic (exact) mass is 610 g/mol. The number of rotatable bonds is 6. The van der Waals surface area contributed by atoms with E-state index in [0.29, 0.717) is 33.9 Å². The van der Waals surface area contributed by atoms with Crippen molar-refractivity contribution in [2.45, 2.75) is 11.4 Å². The van der Waals surface area contributed by atoms with E-state index in [2.05, 4.69) is 25.6 Å². The summed E-state index contributed by atoms with van der Waals surface area (Å²) in [4.78, 5) is 34.7. The highest BCUT2D eigenvalue weighted by Gasteiger charge is 2.18. The zero-order valence-electron chi connectivity index (χ0n) is 21.1. The van der Waals surface area contributed by atoms with Gasteiger partial charge in [-0.3, -0.25) is 9.59 Å². The molecule has 0 bridgehead atoms. The summed E-state index contributed by atoms with van der Waals surface area (Å²) in [6, 6.07) is 9.62. The zero-order chi connectivity index (χ0) is 28.2. The van der Waals surface area contributed by atoms with Gasteiger partial charge in [0.15, 0.2) is 12.3 Å². The van der Waals surface area contributed by atoms with E-state index < -0.39 is 9.05 Å². The summed E-state index contributed by atoms with van der Waals surface area (Å²) in [5, 5.41) is 5.52. The fourth-order valence-electron chi connectivity index (χ4n) is 3.61. The number of methoxy groups -OCH3 is 2. The molecule has 13 nitrogen and oxygen atoms in total. The smallest absolute Gasteiger partial charge is 0.272 e. The number of fused-ring (bicyclic) bond motifs is 2. The summed E-state index contributed by atoms with van der Waals surface area (Å²) < 4.78 is 37.2. The second-order valence-corrected chi connectivity index (χ2v) is 10.5. The first kappa shape index (κ1) is 30.3. The number of ether oxygens (including phenoxy) is 3. The summed E-state index contributed by atoms with van der Waals surface area (Å²) in [5.41, 5.74) is 8.86. The predicted molar refractivity (Wildman–Crippen MR) is 150 cm³/mol. The number of halogens is 2. The standard InChI is InChI=1S/C16H14N6O3.C8H9ClO4S.ClH/c17-9-5-18-14-13(9)20-7-21-15(14)16(24)19-4-8-1-2-11-10(3-8)22-12(23)6-25-11;1-12-6-3-4-8(14(9,10)11)7(5-6)13-2;/h1-3,5,7,18H,4,6,17H2,(H,19,24)(H,22,23);3-5H,1-2H3;1H. The number of carbonyl (C=O) groups is 2. The number of H-pyrrole nitrogens is 1. The van der Waals surface area contributed by atoms with Crippen LogP contribution < -0.4 is 30.6 Å². The highest BCUT2D eigenvalue weighted by molar-refractivity contribution is 8.13. The lowest BCUT2D eigenvalue weighted by molar-refractivity contribution is -0.118. The average molecular weight is 611 g/mol. The molecule has 2 aromatic carbocycles. The normalized spacial score (nSPS) is 12.0. The molecule has 0 spiro atoms. The summed E-state index contributed by atoms with van der Waals surface area (Å²) in [6.45, 7) is 0.274. The molecule has 40 heavy (non-hydrogen) atoms. The number of hydrogen-bond donors (Lipinski definition) is 4. The van der Waals surface area contributed by atoms with Crippen molar-refractivity contribution in [2.24, 2.45) is 0 Å². The molecule has 16 heteroatoms. The molecule has 5 N–H and O–H groups in total. The van der Waals surface area contributed by atoms with Gasteiger partial charge in [0.1, 0.15) is 34.0 Å². The van der Waals surface area contributed by atoms with Crippen LogP contribution in [0.25, 0.3) is 11.0 Å².